The second kappa shape index (κ2) is 4.16. The van der Waals surface area contributed by atoms with Crippen LogP contribution in [0, 0.1) is 0 Å². The van der Waals surface area contributed by atoms with Gasteiger partial charge in [-0.05, 0) is 37.1 Å². The van der Waals surface area contributed by atoms with Gasteiger partial charge in [-0.1, -0.05) is 18.6 Å². The Kier molecular flexibility index (Phi) is 2.91. The molecule has 1 N–H and O–H groups in total. The molecule has 0 radical (unpaired) electrons. The first-order valence-corrected chi connectivity index (χ1v) is 5.33. The highest BCUT2D eigenvalue weighted by atomic mass is 32.1. The Hall–Kier alpha value is -0.470. The highest BCUT2D eigenvalue weighted by Crippen LogP contribution is 2.24. The molecular formula is C11H15NS. The van der Waals surface area contributed by atoms with Crippen molar-refractivity contribution < 1.29 is 0 Å². The molecule has 1 aromatic carbocycles. The lowest BCUT2D eigenvalue weighted by atomic mass is 9.98. The third kappa shape index (κ3) is 2.26. The summed E-state index contributed by atoms with van der Waals surface area (Å²) in [4.78, 5) is 1.06. The Morgan fingerprint density at radius 3 is 2.92 bits per heavy atom. The molecule has 1 fully saturated rings. The smallest absolute Gasteiger partial charge is 0.0320 e. The highest BCUT2D eigenvalue weighted by molar-refractivity contribution is 7.80. The highest BCUT2D eigenvalue weighted by Gasteiger charge is 2.13. The summed E-state index contributed by atoms with van der Waals surface area (Å²) in [5.74, 6) is 0. The normalized spacial score (nSPS) is 23.0. The van der Waals surface area contributed by atoms with E-state index in [1.54, 1.807) is 0 Å². The molecule has 0 bridgehead atoms. The number of hydrogen-bond acceptors (Lipinski definition) is 2. The van der Waals surface area contributed by atoms with Crippen molar-refractivity contribution in [1.82, 2.24) is 5.32 Å². The van der Waals surface area contributed by atoms with Gasteiger partial charge in [-0.2, -0.15) is 0 Å². The molecule has 1 nitrogen and oxygen atoms in total. The standard InChI is InChI=1S/C11H15NS/c13-10-5-3-4-9(8-10)11-6-1-2-7-12-11/h3-5,8,11-13H,1-2,6-7H2. The first-order valence-electron chi connectivity index (χ1n) is 4.88. The third-order valence-electron chi connectivity index (χ3n) is 2.58. The summed E-state index contributed by atoms with van der Waals surface area (Å²) in [7, 11) is 0. The number of piperidine rings is 1. The number of rotatable bonds is 1. The Labute approximate surface area is 85.0 Å². The van der Waals surface area contributed by atoms with Crippen LogP contribution in [0.15, 0.2) is 29.2 Å². The van der Waals surface area contributed by atoms with Crippen LogP contribution in [0.1, 0.15) is 30.9 Å². The molecule has 0 aliphatic carbocycles. The Balaban J connectivity index is 2.14. The van der Waals surface area contributed by atoms with E-state index in [0.717, 1.165) is 11.4 Å². The maximum atomic E-state index is 4.35. The second-order valence-corrected chi connectivity index (χ2v) is 4.11. The van der Waals surface area contributed by atoms with Crippen molar-refractivity contribution in [2.45, 2.75) is 30.2 Å². The quantitative estimate of drug-likeness (QED) is 0.654. The van der Waals surface area contributed by atoms with Crippen LogP contribution in [0.3, 0.4) is 0 Å². The van der Waals surface area contributed by atoms with Gasteiger partial charge in [0.2, 0.25) is 0 Å². The maximum Gasteiger partial charge on any atom is 0.0320 e. The predicted octanol–water partition coefficient (Wildman–Crippen LogP) is 2.79. The van der Waals surface area contributed by atoms with Crippen molar-refractivity contribution in [2.24, 2.45) is 0 Å². The van der Waals surface area contributed by atoms with Gasteiger partial charge in [-0.15, -0.1) is 12.6 Å². The van der Waals surface area contributed by atoms with Crippen LogP contribution in [0.5, 0.6) is 0 Å². The average molecular weight is 193 g/mol. The minimum atomic E-state index is 0.556. The monoisotopic (exact) mass is 193 g/mol. The van der Waals surface area contributed by atoms with Gasteiger partial charge in [0.05, 0.1) is 0 Å². The van der Waals surface area contributed by atoms with E-state index in [0.29, 0.717) is 6.04 Å². The first kappa shape index (κ1) is 9.10. The van der Waals surface area contributed by atoms with Crippen molar-refractivity contribution in [2.75, 3.05) is 6.54 Å². The molecule has 1 saturated heterocycles. The molecule has 2 rings (SSSR count). The van der Waals surface area contributed by atoms with E-state index in [9.17, 15) is 0 Å². The minimum absolute atomic E-state index is 0.556. The fraction of sp³-hybridized carbons (Fsp3) is 0.455. The van der Waals surface area contributed by atoms with E-state index in [2.05, 4.69) is 36.1 Å². The van der Waals surface area contributed by atoms with Crippen LogP contribution in [0.4, 0.5) is 0 Å². The zero-order valence-corrected chi connectivity index (χ0v) is 8.56. The van der Waals surface area contributed by atoms with Gasteiger partial charge in [-0.25, -0.2) is 0 Å². The molecule has 2 heteroatoms. The van der Waals surface area contributed by atoms with Gasteiger partial charge in [-0.3, -0.25) is 0 Å². The molecule has 13 heavy (non-hydrogen) atoms. The molecule has 1 heterocycles. The van der Waals surface area contributed by atoms with Crippen molar-refractivity contribution in [3.05, 3.63) is 29.8 Å². The molecule has 0 saturated carbocycles. The van der Waals surface area contributed by atoms with Crippen molar-refractivity contribution in [3.8, 4) is 0 Å². The summed E-state index contributed by atoms with van der Waals surface area (Å²) < 4.78 is 0. The van der Waals surface area contributed by atoms with Crippen LogP contribution in [-0.2, 0) is 0 Å². The summed E-state index contributed by atoms with van der Waals surface area (Å²) in [6.45, 7) is 1.15. The lowest BCUT2D eigenvalue weighted by Crippen LogP contribution is -2.26. The van der Waals surface area contributed by atoms with Gasteiger partial charge >= 0.3 is 0 Å². The molecule has 0 amide bonds. The van der Waals surface area contributed by atoms with Gasteiger partial charge in [0.25, 0.3) is 0 Å². The number of benzene rings is 1. The molecule has 70 valence electrons. The first-order chi connectivity index (χ1) is 6.36. The van der Waals surface area contributed by atoms with Gasteiger partial charge < -0.3 is 5.32 Å². The van der Waals surface area contributed by atoms with Gasteiger partial charge in [0, 0.05) is 10.9 Å². The van der Waals surface area contributed by atoms with Crippen LogP contribution >= 0.6 is 12.6 Å². The van der Waals surface area contributed by atoms with Crippen molar-refractivity contribution in [1.29, 1.82) is 0 Å². The summed E-state index contributed by atoms with van der Waals surface area (Å²) in [6, 6.07) is 9.00. The summed E-state index contributed by atoms with van der Waals surface area (Å²) >= 11 is 4.35. The SMILES string of the molecule is Sc1cccc(C2CCCCN2)c1. The van der Waals surface area contributed by atoms with Gasteiger partial charge in [0.15, 0.2) is 0 Å². The molecule has 1 aliphatic heterocycles. The largest absolute Gasteiger partial charge is 0.310 e. The molecule has 1 unspecified atom stereocenters. The van der Waals surface area contributed by atoms with Crippen molar-refractivity contribution >= 4 is 12.6 Å². The van der Waals surface area contributed by atoms with E-state index in [4.69, 9.17) is 0 Å². The van der Waals surface area contributed by atoms with Crippen LogP contribution in [0.2, 0.25) is 0 Å². The second-order valence-electron chi connectivity index (χ2n) is 3.60. The van der Waals surface area contributed by atoms with Crippen LogP contribution in [0.25, 0.3) is 0 Å². The van der Waals surface area contributed by atoms with Gasteiger partial charge in [0.1, 0.15) is 0 Å². The van der Waals surface area contributed by atoms with Crippen molar-refractivity contribution in [3.63, 3.8) is 0 Å². The van der Waals surface area contributed by atoms with Crippen LogP contribution in [-0.4, -0.2) is 6.54 Å². The van der Waals surface area contributed by atoms with Crippen LogP contribution < -0.4 is 5.32 Å². The van der Waals surface area contributed by atoms with E-state index in [1.807, 2.05) is 6.07 Å². The Morgan fingerprint density at radius 2 is 2.23 bits per heavy atom. The number of hydrogen-bond donors (Lipinski definition) is 2. The molecule has 0 aromatic heterocycles. The average Bonchev–Trinajstić information content (AvgIpc) is 2.19. The maximum absolute atomic E-state index is 4.35. The predicted molar refractivity (Wildman–Crippen MR) is 58.3 cm³/mol. The third-order valence-corrected chi connectivity index (χ3v) is 2.86. The summed E-state index contributed by atoms with van der Waals surface area (Å²) in [5, 5.41) is 3.53. The molecule has 0 spiro atoms. The van der Waals surface area contributed by atoms with E-state index in [-0.39, 0.29) is 0 Å². The molecule has 1 aliphatic rings. The minimum Gasteiger partial charge on any atom is -0.310 e. The summed E-state index contributed by atoms with van der Waals surface area (Å²) in [5.41, 5.74) is 1.38. The molecule has 1 aromatic rings. The Morgan fingerprint density at radius 1 is 1.31 bits per heavy atom. The summed E-state index contributed by atoms with van der Waals surface area (Å²) in [6.07, 6.45) is 3.92. The number of thiol groups is 1. The fourth-order valence-electron chi connectivity index (χ4n) is 1.88. The van der Waals surface area contributed by atoms with E-state index < -0.39 is 0 Å². The lowest BCUT2D eigenvalue weighted by molar-refractivity contribution is 0.412. The zero-order valence-electron chi connectivity index (χ0n) is 7.66. The lowest BCUT2D eigenvalue weighted by Gasteiger charge is -2.23. The molecule has 1 atom stereocenters. The molecular weight excluding hydrogens is 178 g/mol. The fourth-order valence-corrected chi connectivity index (χ4v) is 2.11. The zero-order chi connectivity index (χ0) is 9.10. The van der Waals surface area contributed by atoms with E-state index >= 15 is 0 Å². The Bertz CT molecular complexity index is 279. The van der Waals surface area contributed by atoms with E-state index in [1.165, 1.54) is 24.8 Å². The topological polar surface area (TPSA) is 12.0 Å². The number of nitrogens with one attached hydrogen (secondary N) is 1.